The Balaban J connectivity index is 2.22. The minimum atomic E-state index is -0.755. The van der Waals surface area contributed by atoms with Crippen LogP contribution in [0.15, 0.2) is 36.4 Å². The first kappa shape index (κ1) is 13.9. The summed E-state index contributed by atoms with van der Waals surface area (Å²) in [6, 6.07) is 6.86. The molecule has 1 amide bonds. The Labute approximate surface area is 120 Å². The number of rotatable bonds is 2. The summed E-state index contributed by atoms with van der Waals surface area (Å²) in [7, 11) is 0. The predicted molar refractivity (Wildman–Crippen MR) is 73.4 cm³/mol. The van der Waals surface area contributed by atoms with Gasteiger partial charge in [-0.3, -0.25) is 4.79 Å². The van der Waals surface area contributed by atoms with Crippen molar-refractivity contribution >= 4 is 34.2 Å². The Morgan fingerprint density at radius 3 is 2.05 bits per heavy atom. The van der Waals surface area contributed by atoms with Crippen molar-refractivity contribution in [2.45, 2.75) is 0 Å². The Kier molecular flexibility index (Phi) is 4.08. The third-order valence-corrected chi connectivity index (χ3v) is 3.38. The molecule has 2 aromatic rings. The maximum absolute atomic E-state index is 13.3. The summed E-state index contributed by atoms with van der Waals surface area (Å²) in [4.78, 5) is 11.8. The Morgan fingerprint density at radius 1 is 1.00 bits per heavy atom. The maximum atomic E-state index is 13.3. The Hall–Kier alpha value is -1.57. The topological polar surface area (TPSA) is 29.1 Å². The highest BCUT2D eigenvalue weighted by Crippen LogP contribution is 2.20. The van der Waals surface area contributed by atoms with Crippen molar-refractivity contribution < 1.29 is 18.0 Å². The third-order valence-electron chi connectivity index (χ3n) is 2.35. The van der Waals surface area contributed by atoms with Crippen LogP contribution in [0.5, 0.6) is 0 Å². The van der Waals surface area contributed by atoms with Gasteiger partial charge in [0.25, 0.3) is 5.91 Å². The standard InChI is InChI=1S/C13H7F3INO/c14-8-3-1-7(2-4-8)13(19)18-9-5-10(15)12(17)11(16)6-9/h1-6H,(H,18,19). The van der Waals surface area contributed by atoms with Gasteiger partial charge in [-0.1, -0.05) is 0 Å². The highest BCUT2D eigenvalue weighted by atomic mass is 127. The number of nitrogens with one attached hydrogen (secondary N) is 1. The van der Waals surface area contributed by atoms with Gasteiger partial charge in [-0.25, -0.2) is 13.2 Å². The molecule has 0 aliphatic rings. The lowest BCUT2D eigenvalue weighted by molar-refractivity contribution is 0.102. The van der Waals surface area contributed by atoms with E-state index in [1.165, 1.54) is 34.7 Å². The van der Waals surface area contributed by atoms with Gasteiger partial charge in [0.2, 0.25) is 0 Å². The second-order valence-electron chi connectivity index (χ2n) is 3.71. The number of benzene rings is 2. The van der Waals surface area contributed by atoms with Crippen molar-refractivity contribution in [3.8, 4) is 0 Å². The van der Waals surface area contributed by atoms with E-state index in [-0.39, 0.29) is 14.8 Å². The molecule has 0 fully saturated rings. The lowest BCUT2D eigenvalue weighted by Gasteiger charge is -2.07. The van der Waals surface area contributed by atoms with E-state index in [1.807, 2.05) is 0 Å². The summed E-state index contributed by atoms with van der Waals surface area (Å²) in [5.74, 6) is -2.55. The van der Waals surface area contributed by atoms with E-state index in [1.54, 1.807) is 0 Å². The molecule has 0 unspecified atom stereocenters. The fourth-order valence-electron chi connectivity index (χ4n) is 1.43. The third kappa shape index (κ3) is 3.25. The molecule has 0 spiro atoms. The summed E-state index contributed by atoms with van der Waals surface area (Å²) < 4.78 is 39.1. The van der Waals surface area contributed by atoms with Gasteiger partial charge in [0.15, 0.2) is 0 Å². The number of hydrogen-bond acceptors (Lipinski definition) is 1. The van der Waals surface area contributed by atoms with Gasteiger partial charge in [-0.05, 0) is 59.0 Å². The van der Waals surface area contributed by atoms with Gasteiger partial charge in [-0.15, -0.1) is 0 Å². The summed E-state index contributed by atoms with van der Waals surface area (Å²) >= 11 is 1.53. The number of carbonyl (C=O) groups excluding carboxylic acids is 1. The van der Waals surface area contributed by atoms with Crippen LogP contribution in [0.2, 0.25) is 0 Å². The van der Waals surface area contributed by atoms with E-state index < -0.39 is 23.4 Å². The van der Waals surface area contributed by atoms with E-state index in [0.717, 1.165) is 24.3 Å². The van der Waals surface area contributed by atoms with E-state index in [2.05, 4.69) is 5.32 Å². The molecule has 0 aromatic heterocycles. The van der Waals surface area contributed by atoms with E-state index in [4.69, 9.17) is 0 Å². The van der Waals surface area contributed by atoms with Crippen LogP contribution in [0.4, 0.5) is 18.9 Å². The average molecular weight is 377 g/mol. The van der Waals surface area contributed by atoms with Gasteiger partial charge >= 0.3 is 0 Å². The van der Waals surface area contributed by atoms with Gasteiger partial charge in [0, 0.05) is 11.3 Å². The fraction of sp³-hybridized carbons (Fsp3) is 0. The quantitative estimate of drug-likeness (QED) is 0.623. The second kappa shape index (κ2) is 5.60. The molecule has 0 saturated carbocycles. The van der Waals surface area contributed by atoms with E-state index in [0.29, 0.717) is 0 Å². The maximum Gasteiger partial charge on any atom is 0.255 e. The summed E-state index contributed by atoms with van der Waals surface area (Å²) in [6.45, 7) is 0. The first-order valence-corrected chi connectivity index (χ1v) is 6.26. The molecule has 2 aromatic carbocycles. The molecule has 0 bridgehead atoms. The SMILES string of the molecule is O=C(Nc1cc(F)c(I)c(F)c1)c1ccc(F)cc1. The van der Waals surface area contributed by atoms with Crippen LogP contribution in [-0.4, -0.2) is 5.91 Å². The number of amides is 1. The summed E-state index contributed by atoms with van der Waals surface area (Å²) in [5, 5.41) is 2.34. The zero-order chi connectivity index (χ0) is 14.0. The molecule has 6 heteroatoms. The van der Waals surface area contributed by atoms with Crippen LogP contribution in [-0.2, 0) is 0 Å². The van der Waals surface area contributed by atoms with Crippen LogP contribution in [0, 0.1) is 21.0 Å². The Morgan fingerprint density at radius 2 is 1.53 bits per heavy atom. The van der Waals surface area contributed by atoms with Crippen LogP contribution in [0.3, 0.4) is 0 Å². The lowest BCUT2D eigenvalue weighted by Crippen LogP contribution is -2.12. The van der Waals surface area contributed by atoms with Gasteiger partial charge in [-0.2, -0.15) is 0 Å². The van der Waals surface area contributed by atoms with Crippen molar-refractivity contribution in [1.82, 2.24) is 0 Å². The predicted octanol–water partition coefficient (Wildman–Crippen LogP) is 3.96. The molecule has 0 radical (unpaired) electrons. The van der Waals surface area contributed by atoms with Crippen molar-refractivity contribution in [2.75, 3.05) is 5.32 Å². The molecule has 2 nitrogen and oxygen atoms in total. The summed E-state index contributed by atoms with van der Waals surface area (Å²) in [6.07, 6.45) is 0. The molecule has 98 valence electrons. The molecule has 0 saturated heterocycles. The van der Waals surface area contributed by atoms with Gasteiger partial charge in [0.05, 0.1) is 3.57 Å². The highest BCUT2D eigenvalue weighted by Gasteiger charge is 2.11. The average Bonchev–Trinajstić information content (AvgIpc) is 2.36. The number of halogens is 4. The second-order valence-corrected chi connectivity index (χ2v) is 4.79. The van der Waals surface area contributed by atoms with E-state index in [9.17, 15) is 18.0 Å². The van der Waals surface area contributed by atoms with Crippen molar-refractivity contribution in [3.63, 3.8) is 0 Å². The zero-order valence-electron chi connectivity index (χ0n) is 9.38. The smallest absolute Gasteiger partial charge is 0.255 e. The molecule has 1 N–H and O–H groups in total. The molecule has 0 heterocycles. The molecular weight excluding hydrogens is 370 g/mol. The van der Waals surface area contributed by atoms with Gasteiger partial charge < -0.3 is 5.32 Å². The van der Waals surface area contributed by atoms with Gasteiger partial charge in [0.1, 0.15) is 17.5 Å². The van der Waals surface area contributed by atoms with Crippen LogP contribution < -0.4 is 5.32 Å². The number of carbonyl (C=O) groups is 1. The minimum absolute atomic E-state index is 0.00439. The summed E-state index contributed by atoms with van der Waals surface area (Å²) in [5.41, 5.74) is 0.200. The van der Waals surface area contributed by atoms with Crippen LogP contribution >= 0.6 is 22.6 Å². The molecule has 19 heavy (non-hydrogen) atoms. The van der Waals surface area contributed by atoms with E-state index >= 15 is 0 Å². The van der Waals surface area contributed by atoms with Crippen molar-refractivity contribution in [3.05, 3.63) is 63.0 Å². The van der Waals surface area contributed by atoms with Crippen molar-refractivity contribution in [1.29, 1.82) is 0 Å². The fourth-order valence-corrected chi connectivity index (χ4v) is 1.74. The molecule has 2 rings (SSSR count). The monoisotopic (exact) mass is 377 g/mol. The lowest BCUT2D eigenvalue weighted by atomic mass is 10.2. The number of hydrogen-bond donors (Lipinski definition) is 1. The minimum Gasteiger partial charge on any atom is -0.322 e. The molecule has 0 aliphatic carbocycles. The zero-order valence-corrected chi connectivity index (χ0v) is 11.5. The Bertz CT molecular complexity index is 605. The van der Waals surface area contributed by atoms with Crippen molar-refractivity contribution in [2.24, 2.45) is 0 Å². The number of anilines is 1. The molecule has 0 atom stereocenters. The largest absolute Gasteiger partial charge is 0.322 e. The first-order chi connectivity index (χ1) is 8.97. The van der Waals surface area contributed by atoms with Crippen LogP contribution in [0.1, 0.15) is 10.4 Å². The normalized spacial score (nSPS) is 10.3. The molecular formula is C13H7F3INO. The highest BCUT2D eigenvalue weighted by molar-refractivity contribution is 14.1. The molecule has 0 aliphatic heterocycles. The van der Waals surface area contributed by atoms with Crippen LogP contribution in [0.25, 0.3) is 0 Å². The first-order valence-electron chi connectivity index (χ1n) is 5.19.